The first-order valence-electron chi connectivity index (χ1n) is 6.13. The number of methoxy groups -OCH3 is 2. The summed E-state index contributed by atoms with van der Waals surface area (Å²) in [5.41, 5.74) is 0.730. The van der Waals surface area contributed by atoms with Crippen LogP contribution in [0.1, 0.15) is 24.2 Å². The van der Waals surface area contributed by atoms with Gasteiger partial charge in [0, 0.05) is 7.11 Å². The first-order chi connectivity index (χ1) is 8.99. The summed E-state index contributed by atoms with van der Waals surface area (Å²) in [7, 11) is 2.90. The Kier molecular flexibility index (Phi) is 5.76. The number of anilines is 1. The summed E-state index contributed by atoms with van der Waals surface area (Å²) in [4.78, 5) is 11.6. The molecule has 1 aromatic rings. The summed E-state index contributed by atoms with van der Waals surface area (Å²) in [6.07, 6.45) is 0. The van der Waals surface area contributed by atoms with Crippen LogP contribution in [0, 0.1) is 11.7 Å². The average molecular weight is 269 g/mol. The van der Waals surface area contributed by atoms with E-state index >= 15 is 0 Å². The molecule has 0 bridgehead atoms. The van der Waals surface area contributed by atoms with Crippen LogP contribution in [-0.4, -0.2) is 32.8 Å². The maximum absolute atomic E-state index is 13.3. The smallest absolute Gasteiger partial charge is 0.339 e. The van der Waals surface area contributed by atoms with Crippen LogP contribution < -0.4 is 5.32 Å². The molecule has 1 N–H and O–H groups in total. The Morgan fingerprint density at radius 1 is 1.37 bits per heavy atom. The molecule has 19 heavy (non-hydrogen) atoms. The Labute approximate surface area is 112 Å². The van der Waals surface area contributed by atoms with Gasteiger partial charge in [-0.05, 0) is 24.1 Å². The maximum Gasteiger partial charge on any atom is 0.339 e. The van der Waals surface area contributed by atoms with Crippen LogP contribution in [0.4, 0.5) is 10.1 Å². The minimum absolute atomic E-state index is 0.0183. The van der Waals surface area contributed by atoms with Crippen LogP contribution >= 0.6 is 0 Å². The second-order valence-corrected chi connectivity index (χ2v) is 4.63. The van der Waals surface area contributed by atoms with Gasteiger partial charge in [0.15, 0.2) is 0 Å². The van der Waals surface area contributed by atoms with Crippen molar-refractivity contribution >= 4 is 11.7 Å². The first kappa shape index (κ1) is 15.4. The van der Waals surface area contributed by atoms with E-state index in [9.17, 15) is 9.18 Å². The number of esters is 1. The number of hydrogen-bond acceptors (Lipinski definition) is 4. The lowest BCUT2D eigenvalue weighted by Crippen LogP contribution is -2.31. The molecule has 0 radical (unpaired) electrons. The number of hydrogen-bond donors (Lipinski definition) is 1. The number of ether oxygens (including phenoxy) is 2. The van der Waals surface area contributed by atoms with Crippen molar-refractivity contribution in [2.45, 2.75) is 19.9 Å². The van der Waals surface area contributed by atoms with Crippen molar-refractivity contribution in [2.75, 3.05) is 26.1 Å². The molecular weight excluding hydrogens is 249 g/mol. The molecule has 0 aromatic heterocycles. The normalized spacial score (nSPS) is 12.3. The first-order valence-corrected chi connectivity index (χ1v) is 6.13. The third-order valence-corrected chi connectivity index (χ3v) is 2.88. The highest BCUT2D eigenvalue weighted by atomic mass is 19.1. The molecule has 0 fully saturated rings. The fraction of sp³-hybridized carbons (Fsp3) is 0.500. The van der Waals surface area contributed by atoms with Crippen LogP contribution in [-0.2, 0) is 9.47 Å². The standard InChI is InChI=1S/C14H20FNO3/c1-9(2)13(8-18-3)16-12-7-10(15)5-6-11(12)14(17)19-4/h5-7,9,13,16H,8H2,1-4H3. The highest BCUT2D eigenvalue weighted by Crippen LogP contribution is 2.21. The fourth-order valence-electron chi connectivity index (χ4n) is 1.70. The third-order valence-electron chi connectivity index (χ3n) is 2.88. The number of benzene rings is 1. The molecule has 0 saturated carbocycles. The predicted molar refractivity (Wildman–Crippen MR) is 71.9 cm³/mol. The summed E-state index contributed by atoms with van der Waals surface area (Å²) < 4.78 is 23.1. The van der Waals surface area contributed by atoms with Crippen molar-refractivity contribution < 1.29 is 18.7 Å². The van der Waals surface area contributed by atoms with Gasteiger partial charge in [-0.25, -0.2) is 9.18 Å². The molecule has 106 valence electrons. The maximum atomic E-state index is 13.3. The fourth-order valence-corrected chi connectivity index (χ4v) is 1.70. The minimum atomic E-state index is -0.498. The van der Waals surface area contributed by atoms with Gasteiger partial charge in [0.05, 0.1) is 31.0 Å². The molecule has 1 atom stereocenters. The number of halogens is 1. The van der Waals surface area contributed by atoms with Gasteiger partial charge >= 0.3 is 5.97 Å². The van der Waals surface area contributed by atoms with Gasteiger partial charge in [0.1, 0.15) is 5.82 Å². The molecule has 0 aliphatic heterocycles. The van der Waals surface area contributed by atoms with Crippen molar-refractivity contribution in [3.63, 3.8) is 0 Å². The summed E-state index contributed by atoms with van der Waals surface area (Å²) in [5, 5.41) is 3.14. The van der Waals surface area contributed by atoms with Gasteiger partial charge in [-0.1, -0.05) is 13.8 Å². The lowest BCUT2D eigenvalue weighted by molar-refractivity contribution is 0.0601. The predicted octanol–water partition coefficient (Wildman–Crippen LogP) is 2.70. The van der Waals surface area contributed by atoms with E-state index in [-0.39, 0.29) is 12.0 Å². The lowest BCUT2D eigenvalue weighted by atomic mass is 10.0. The molecule has 0 amide bonds. The SMILES string of the molecule is COCC(Nc1cc(F)ccc1C(=O)OC)C(C)C. The topological polar surface area (TPSA) is 47.6 Å². The van der Waals surface area contributed by atoms with Gasteiger partial charge in [0.2, 0.25) is 0 Å². The molecule has 1 aromatic carbocycles. The van der Waals surface area contributed by atoms with E-state index < -0.39 is 11.8 Å². The zero-order valence-electron chi connectivity index (χ0n) is 11.7. The second-order valence-electron chi connectivity index (χ2n) is 4.63. The number of rotatable bonds is 6. The summed E-state index contributed by atoms with van der Waals surface area (Å²) in [5.74, 6) is -0.633. The molecule has 4 nitrogen and oxygen atoms in total. The second kappa shape index (κ2) is 7.09. The minimum Gasteiger partial charge on any atom is -0.465 e. The van der Waals surface area contributed by atoms with E-state index in [1.54, 1.807) is 7.11 Å². The molecule has 0 saturated heterocycles. The molecule has 0 aliphatic rings. The number of carbonyl (C=O) groups is 1. The van der Waals surface area contributed by atoms with Gasteiger partial charge in [0.25, 0.3) is 0 Å². The van der Waals surface area contributed by atoms with Crippen molar-refractivity contribution in [2.24, 2.45) is 5.92 Å². The van der Waals surface area contributed by atoms with Crippen molar-refractivity contribution in [3.8, 4) is 0 Å². The summed E-state index contributed by atoms with van der Waals surface area (Å²) in [6, 6.07) is 3.92. The van der Waals surface area contributed by atoms with E-state index in [4.69, 9.17) is 4.74 Å². The Morgan fingerprint density at radius 3 is 2.58 bits per heavy atom. The molecule has 0 spiro atoms. The Bertz CT molecular complexity index is 435. The zero-order chi connectivity index (χ0) is 14.4. The van der Waals surface area contributed by atoms with Crippen LogP contribution in [0.25, 0.3) is 0 Å². The summed E-state index contributed by atoms with van der Waals surface area (Å²) in [6.45, 7) is 4.51. The zero-order valence-corrected chi connectivity index (χ0v) is 11.7. The van der Waals surface area contributed by atoms with Crippen LogP contribution in [0.5, 0.6) is 0 Å². The number of nitrogens with one attached hydrogen (secondary N) is 1. The largest absolute Gasteiger partial charge is 0.465 e. The molecule has 0 heterocycles. The van der Waals surface area contributed by atoms with Gasteiger partial charge in [-0.2, -0.15) is 0 Å². The van der Waals surface area contributed by atoms with Crippen molar-refractivity contribution in [1.82, 2.24) is 0 Å². The van der Waals surface area contributed by atoms with Crippen LogP contribution in [0.3, 0.4) is 0 Å². The van der Waals surface area contributed by atoms with Crippen molar-refractivity contribution in [3.05, 3.63) is 29.6 Å². The molecule has 5 heteroatoms. The van der Waals surface area contributed by atoms with E-state index in [1.165, 1.54) is 25.3 Å². The third kappa shape index (κ3) is 4.21. The monoisotopic (exact) mass is 269 g/mol. The highest BCUT2D eigenvalue weighted by Gasteiger charge is 2.18. The molecule has 1 unspecified atom stereocenters. The van der Waals surface area contributed by atoms with E-state index in [1.807, 2.05) is 13.8 Å². The molecule has 1 rings (SSSR count). The summed E-state index contributed by atoms with van der Waals surface area (Å²) >= 11 is 0. The Balaban J connectivity index is 3.03. The molecule has 0 aliphatic carbocycles. The van der Waals surface area contributed by atoms with Crippen LogP contribution in [0.15, 0.2) is 18.2 Å². The number of carbonyl (C=O) groups excluding carboxylic acids is 1. The van der Waals surface area contributed by atoms with Gasteiger partial charge in [-0.3, -0.25) is 0 Å². The van der Waals surface area contributed by atoms with E-state index in [0.717, 1.165) is 0 Å². The van der Waals surface area contributed by atoms with Crippen LogP contribution in [0.2, 0.25) is 0 Å². The van der Waals surface area contributed by atoms with E-state index in [0.29, 0.717) is 17.9 Å². The highest BCUT2D eigenvalue weighted by molar-refractivity contribution is 5.95. The quantitative estimate of drug-likeness (QED) is 0.807. The van der Waals surface area contributed by atoms with Crippen molar-refractivity contribution in [1.29, 1.82) is 0 Å². The lowest BCUT2D eigenvalue weighted by Gasteiger charge is -2.23. The van der Waals surface area contributed by atoms with Gasteiger partial charge in [-0.15, -0.1) is 0 Å². The molecular formula is C14H20FNO3. The Hall–Kier alpha value is -1.62. The van der Waals surface area contributed by atoms with E-state index in [2.05, 4.69) is 10.1 Å². The average Bonchev–Trinajstić information content (AvgIpc) is 2.37. The Morgan fingerprint density at radius 2 is 2.05 bits per heavy atom. The van der Waals surface area contributed by atoms with Gasteiger partial charge < -0.3 is 14.8 Å².